The molecule has 238 valence electrons. The molecular weight excluding hydrogens is 629 g/mol. The highest BCUT2D eigenvalue weighted by molar-refractivity contribution is 8.00. The Morgan fingerprint density at radius 2 is 1.65 bits per heavy atom. The number of benzene rings is 3. The molecule has 0 saturated carbocycles. The largest absolute Gasteiger partial charge is 0.493 e. The molecule has 46 heavy (non-hydrogen) atoms. The maximum atomic E-state index is 13.4. The van der Waals surface area contributed by atoms with Crippen LogP contribution in [0.25, 0.3) is 6.08 Å². The Bertz CT molecular complexity index is 1710. The summed E-state index contributed by atoms with van der Waals surface area (Å²) in [6.07, 6.45) is 1.59. The molecule has 0 unspecified atom stereocenters. The van der Waals surface area contributed by atoms with Crippen LogP contribution in [0.15, 0.2) is 88.8 Å². The monoisotopic (exact) mass is 660 g/mol. The molecule has 0 bridgehead atoms. The molecule has 11 nitrogen and oxygen atoms in total. The number of carbonyl (C=O) groups excluding carboxylic acids is 4. The van der Waals surface area contributed by atoms with Crippen LogP contribution < -0.4 is 25.4 Å². The number of nitrogens with one attached hydrogen (secondary N) is 3. The number of nitrogens with zero attached hydrogens (tertiary/aromatic N) is 1. The number of methoxy groups -OCH3 is 2. The van der Waals surface area contributed by atoms with Crippen LogP contribution in [0.2, 0.25) is 0 Å². The number of anilines is 2. The van der Waals surface area contributed by atoms with E-state index >= 15 is 0 Å². The van der Waals surface area contributed by atoms with Gasteiger partial charge in [-0.2, -0.15) is 0 Å². The number of rotatable bonds is 14. The van der Waals surface area contributed by atoms with Gasteiger partial charge in [-0.3, -0.25) is 19.2 Å². The third-order valence-corrected chi connectivity index (χ3v) is 7.98. The second-order valence-corrected chi connectivity index (χ2v) is 11.3. The van der Waals surface area contributed by atoms with Crippen molar-refractivity contribution in [2.45, 2.75) is 18.2 Å². The molecule has 0 fully saturated rings. The lowest BCUT2D eigenvalue weighted by Crippen LogP contribution is -2.30. The number of thioether (sulfide) groups is 1. The van der Waals surface area contributed by atoms with E-state index in [9.17, 15) is 19.2 Å². The maximum absolute atomic E-state index is 13.4. The van der Waals surface area contributed by atoms with Gasteiger partial charge in [0.15, 0.2) is 16.6 Å². The Hall–Kier alpha value is -5.14. The fourth-order valence-corrected chi connectivity index (χ4v) is 5.42. The van der Waals surface area contributed by atoms with E-state index in [0.717, 1.165) is 4.90 Å². The third kappa shape index (κ3) is 9.94. The van der Waals surface area contributed by atoms with Gasteiger partial charge in [-0.15, -0.1) is 23.1 Å². The highest BCUT2D eigenvalue weighted by Crippen LogP contribution is 2.28. The van der Waals surface area contributed by atoms with Crippen LogP contribution in [0, 0.1) is 0 Å². The zero-order valence-electron chi connectivity index (χ0n) is 25.3. The van der Waals surface area contributed by atoms with Crippen molar-refractivity contribution >= 4 is 63.7 Å². The first-order chi connectivity index (χ1) is 22.3. The fourth-order valence-electron chi connectivity index (χ4n) is 3.99. The molecule has 3 amide bonds. The van der Waals surface area contributed by atoms with Gasteiger partial charge in [-0.1, -0.05) is 24.3 Å². The predicted octanol–water partition coefficient (Wildman–Crippen LogP) is 5.41. The molecule has 13 heteroatoms. The van der Waals surface area contributed by atoms with E-state index in [1.807, 2.05) is 0 Å². The van der Waals surface area contributed by atoms with Crippen molar-refractivity contribution in [2.75, 3.05) is 37.2 Å². The van der Waals surface area contributed by atoms with Crippen molar-refractivity contribution < 1.29 is 33.4 Å². The number of aromatic nitrogens is 1. The van der Waals surface area contributed by atoms with Gasteiger partial charge in [-0.25, -0.2) is 4.98 Å². The molecule has 0 aliphatic rings. The smallest absolute Gasteiger partial charge is 0.311 e. The summed E-state index contributed by atoms with van der Waals surface area (Å²) >= 11 is 2.54. The molecule has 0 aliphatic carbocycles. The van der Waals surface area contributed by atoms with Crippen LogP contribution >= 0.6 is 23.1 Å². The Kier molecular flexibility index (Phi) is 12.3. The summed E-state index contributed by atoms with van der Waals surface area (Å²) < 4.78 is 15.6. The topological polar surface area (TPSA) is 145 Å². The molecule has 0 aliphatic heterocycles. The predicted molar refractivity (Wildman–Crippen MR) is 178 cm³/mol. The fraction of sp³-hybridized carbons (Fsp3) is 0.182. The van der Waals surface area contributed by atoms with Crippen LogP contribution in [-0.4, -0.2) is 55.3 Å². The van der Waals surface area contributed by atoms with E-state index in [1.54, 1.807) is 91.2 Å². The van der Waals surface area contributed by atoms with Gasteiger partial charge in [0, 0.05) is 21.5 Å². The number of hydrogen-bond donors (Lipinski definition) is 3. The summed E-state index contributed by atoms with van der Waals surface area (Å²) in [5.74, 6) is -0.482. The summed E-state index contributed by atoms with van der Waals surface area (Å²) in [5, 5.41) is 10.4. The minimum absolute atomic E-state index is 0.0174. The van der Waals surface area contributed by atoms with Crippen molar-refractivity contribution in [2.24, 2.45) is 0 Å². The lowest BCUT2D eigenvalue weighted by Gasteiger charge is -2.13. The van der Waals surface area contributed by atoms with Gasteiger partial charge in [0.1, 0.15) is 5.70 Å². The Morgan fingerprint density at radius 3 is 2.35 bits per heavy atom. The zero-order valence-corrected chi connectivity index (χ0v) is 27.0. The molecule has 4 aromatic rings. The average molecular weight is 661 g/mol. The molecule has 1 heterocycles. The van der Waals surface area contributed by atoms with Crippen LogP contribution in [0.1, 0.15) is 28.5 Å². The summed E-state index contributed by atoms with van der Waals surface area (Å²) in [6, 6.07) is 20.7. The van der Waals surface area contributed by atoms with Gasteiger partial charge < -0.3 is 30.2 Å². The summed E-state index contributed by atoms with van der Waals surface area (Å²) in [6.45, 7) is 2.03. The van der Waals surface area contributed by atoms with Gasteiger partial charge in [0.2, 0.25) is 5.91 Å². The number of amides is 3. The highest BCUT2D eigenvalue weighted by atomic mass is 32.2. The number of thiazole rings is 1. The minimum Gasteiger partial charge on any atom is -0.493 e. The summed E-state index contributed by atoms with van der Waals surface area (Å²) in [7, 11) is 3.04. The van der Waals surface area contributed by atoms with E-state index in [0.29, 0.717) is 45.7 Å². The van der Waals surface area contributed by atoms with Gasteiger partial charge in [0.25, 0.3) is 11.8 Å². The number of hydrogen-bond acceptors (Lipinski definition) is 10. The molecule has 0 atom stereocenters. The van der Waals surface area contributed by atoms with Crippen LogP contribution in [0.5, 0.6) is 11.5 Å². The standard InChI is InChI=1S/C33H32N4O7S2/c1-4-44-30(39)18-24-19-46-33(35-24)37-29(38)20-45-25-13-11-23(12-14-25)34-32(41)26(36-31(40)22-8-6-5-7-9-22)16-21-10-15-27(42-2)28(17-21)43-3/h5-17,19H,4,18,20H2,1-3H3,(H,34,41)(H,36,40)(H,35,37,38)/b26-16-. The Morgan fingerprint density at radius 1 is 0.913 bits per heavy atom. The summed E-state index contributed by atoms with van der Waals surface area (Å²) in [5.41, 5.74) is 2.04. The van der Waals surface area contributed by atoms with Crippen molar-refractivity contribution in [3.8, 4) is 11.5 Å². The molecule has 3 aromatic carbocycles. The first-order valence-electron chi connectivity index (χ1n) is 14.0. The molecular formula is C33H32N4O7S2. The maximum Gasteiger partial charge on any atom is 0.311 e. The van der Waals surface area contributed by atoms with Crippen LogP contribution in [-0.2, 0) is 25.5 Å². The van der Waals surface area contributed by atoms with Crippen molar-refractivity contribution in [1.82, 2.24) is 10.3 Å². The van der Waals surface area contributed by atoms with E-state index in [2.05, 4.69) is 20.9 Å². The van der Waals surface area contributed by atoms with Crippen LogP contribution in [0.4, 0.5) is 10.8 Å². The lowest BCUT2D eigenvalue weighted by atomic mass is 10.1. The quantitative estimate of drug-likeness (QED) is 0.0919. The number of carbonyl (C=O) groups is 4. The molecule has 0 saturated heterocycles. The molecule has 1 aromatic heterocycles. The van der Waals surface area contributed by atoms with E-state index < -0.39 is 11.8 Å². The Labute approximate surface area is 274 Å². The average Bonchev–Trinajstić information content (AvgIpc) is 3.50. The van der Waals surface area contributed by atoms with E-state index in [4.69, 9.17) is 14.2 Å². The number of ether oxygens (including phenoxy) is 3. The van der Waals surface area contributed by atoms with Crippen LogP contribution in [0.3, 0.4) is 0 Å². The third-order valence-electron chi connectivity index (χ3n) is 6.16. The molecule has 4 rings (SSSR count). The van der Waals surface area contributed by atoms with Crippen molar-refractivity contribution in [1.29, 1.82) is 0 Å². The van der Waals surface area contributed by atoms with Gasteiger partial charge in [-0.05, 0) is 67.1 Å². The normalized spacial score (nSPS) is 10.9. The van der Waals surface area contributed by atoms with Crippen molar-refractivity contribution in [3.05, 3.63) is 101 Å². The Balaban J connectivity index is 1.39. The first kappa shape index (κ1) is 33.7. The van der Waals surface area contributed by atoms with Gasteiger partial charge in [0.05, 0.1) is 38.7 Å². The van der Waals surface area contributed by atoms with E-state index in [-0.39, 0.29) is 29.7 Å². The molecule has 0 spiro atoms. The lowest BCUT2D eigenvalue weighted by molar-refractivity contribution is -0.142. The highest BCUT2D eigenvalue weighted by Gasteiger charge is 2.16. The second kappa shape index (κ2) is 16.8. The zero-order chi connectivity index (χ0) is 32.9. The SMILES string of the molecule is CCOC(=O)Cc1csc(NC(=O)CSc2ccc(NC(=O)/C(=C/c3ccc(OC)c(OC)c3)NC(=O)c3ccccc3)cc2)n1. The number of esters is 1. The second-order valence-electron chi connectivity index (χ2n) is 9.43. The summed E-state index contributed by atoms with van der Waals surface area (Å²) in [4.78, 5) is 55.5. The van der Waals surface area contributed by atoms with E-state index in [1.165, 1.54) is 37.3 Å². The molecule has 3 N–H and O–H groups in total. The van der Waals surface area contributed by atoms with Gasteiger partial charge >= 0.3 is 5.97 Å². The molecule has 0 radical (unpaired) electrons. The first-order valence-corrected chi connectivity index (χ1v) is 15.9. The van der Waals surface area contributed by atoms with Crippen molar-refractivity contribution in [3.63, 3.8) is 0 Å². The minimum atomic E-state index is -0.537.